The van der Waals surface area contributed by atoms with Crippen LogP contribution in [-0.2, 0) is 0 Å². The molecule has 0 aliphatic rings. The zero-order valence-corrected chi connectivity index (χ0v) is 69.0. The minimum absolute atomic E-state index is 0.649. The zero-order chi connectivity index (χ0) is 84.3. The van der Waals surface area contributed by atoms with Gasteiger partial charge in [0.25, 0.3) is 0 Å². The Morgan fingerprint density at radius 3 is 0.961 bits per heavy atom. The van der Waals surface area contributed by atoms with Crippen LogP contribution >= 0.6 is 0 Å². The number of furan rings is 4. The Bertz CT molecular complexity index is 8950. The molecule has 0 aliphatic carbocycles. The number of nitrogens with zero attached hydrogens (tertiary/aromatic N) is 4. The Morgan fingerprint density at radius 2 is 0.453 bits per heavy atom. The van der Waals surface area contributed by atoms with Gasteiger partial charge in [-0.1, -0.05) is 352 Å². The second kappa shape index (κ2) is 30.4. The summed E-state index contributed by atoms with van der Waals surface area (Å²) in [5, 5.41) is 18.6. The van der Waals surface area contributed by atoms with Crippen LogP contribution in [0.15, 0.2) is 454 Å². The highest BCUT2D eigenvalue weighted by molar-refractivity contribution is 6.17. The van der Waals surface area contributed by atoms with E-state index < -0.39 is 0 Å². The van der Waals surface area contributed by atoms with E-state index in [9.17, 15) is 0 Å². The molecular formula is C120H72N4O4. The predicted octanol–water partition coefficient (Wildman–Crippen LogP) is 33.2. The van der Waals surface area contributed by atoms with E-state index in [4.69, 9.17) is 37.6 Å². The van der Waals surface area contributed by atoms with E-state index in [0.717, 1.165) is 200 Å². The van der Waals surface area contributed by atoms with Crippen molar-refractivity contribution in [3.8, 4) is 135 Å². The molecule has 0 fully saturated rings. The van der Waals surface area contributed by atoms with Gasteiger partial charge in [0, 0.05) is 87.6 Å². The van der Waals surface area contributed by atoms with Crippen molar-refractivity contribution < 1.29 is 17.7 Å². The van der Waals surface area contributed by atoms with E-state index in [1.165, 1.54) is 54.2 Å². The van der Waals surface area contributed by atoms with Gasteiger partial charge >= 0.3 is 0 Å². The van der Waals surface area contributed by atoms with Crippen LogP contribution in [0.5, 0.6) is 0 Å². The van der Waals surface area contributed by atoms with Crippen LogP contribution in [-0.4, -0.2) is 19.9 Å². The maximum absolute atomic E-state index is 6.67. The molecule has 596 valence electrons. The first kappa shape index (κ1) is 73.5. The number of rotatable bonds is 12. The lowest BCUT2D eigenvalue weighted by Crippen LogP contribution is -1.98. The van der Waals surface area contributed by atoms with Crippen LogP contribution < -0.4 is 0 Å². The topological polar surface area (TPSA) is 104 Å². The Hall–Kier alpha value is -17.2. The van der Waals surface area contributed by atoms with Crippen molar-refractivity contribution >= 4 is 131 Å². The van der Waals surface area contributed by atoms with E-state index in [1.54, 1.807) is 0 Å². The standard InChI is InChI=1S/2C60H36N2O2/c1-2-14-39(15-3-1)60-61-54(38-30-28-37(29-31-38)52-34-40-16-4-5-17-42(40)44-18-6-7-19-45(44)52)36-55(62-60)53-35-41(43-22-12-24-50-47-20-8-10-26-56(47)63-58(43)50)32-33-46(53)49-23-13-25-51-48-21-9-11-27-57(48)64-59(49)51;1-2-12-39(13-3-1)60-61-54(38-24-22-37(23-25-38)50-34-42-14-4-5-15-44(42)46-16-6-7-17-47(46)50)36-55(62-60)51-32-40(41-27-30-58-52(33-41)48-18-8-10-20-56(48)63-58)26-29-45(51)43-28-31-59-53(35-43)49-19-9-11-21-57(49)64-59/h2*1-36H. The number of benzene rings is 20. The van der Waals surface area contributed by atoms with Crippen LogP contribution in [0.25, 0.3) is 265 Å². The Balaban J connectivity index is 0.000000139. The van der Waals surface area contributed by atoms with Crippen molar-refractivity contribution in [2.24, 2.45) is 0 Å². The summed E-state index contributed by atoms with van der Waals surface area (Å²) in [7, 11) is 0. The Labute approximate surface area is 734 Å². The maximum Gasteiger partial charge on any atom is 0.160 e. The van der Waals surface area contributed by atoms with Crippen LogP contribution in [0.1, 0.15) is 0 Å². The van der Waals surface area contributed by atoms with Crippen molar-refractivity contribution in [3.05, 3.63) is 437 Å². The molecule has 26 aromatic rings. The Kier molecular flexibility index (Phi) is 17.5. The van der Waals surface area contributed by atoms with Crippen molar-refractivity contribution in [1.82, 2.24) is 19.9 Å². The van der Waals surface area contributed by atoms with Gasteiger partial charge in [0.15, 0.2) is 11.6 Å². The lowest BCUT2D eigenvalue weighted by Gasteiger charge is -2.16. The molecule has 0 saturated carbocycles. The first-order valence-electron chi connectivity index (χ1n) is 43.3. The van der Waals surface area contributed by atoms with E-state index in [1.807, 2.05) is 84.9 Å². The second-order valence-corrected chi connectivity index (χ2v) is 32.9. The fourth-order valence-corrected chi connectivity index (χ4v) is 19.2. The molecule has 8 nitrogen and oxygen atoms in total. The van der Waals surface area contributed by atoms with Gasteiger partial charge in [-0.3, -0.25) is 0 Å². The minimum Gasteiger partial charge on any atom is -0.456 e. The van der Waals surface area contributed by atoms with Gasteiger partial charge in [0.05, 0.1) is 22.8 Å². The summed E-state index contributed by atoms with van der Waals surface area (Å²) >= 11 is 0. The number of hydrogen-bond acceptors (Lipinski definition) is 8. The fraction of sp³-hybridized carbons (Fsp3) is 0. The number of fused-ring (bicyclic) bond motifs is 18. The number of hydrogen-bond donors (Lipinski definition) is 0. The lowest BCUT2D eigenvalue weighted by atomic mass is 9.91. The molecule has 0 unspecified atom stereocenters. The third-order valence-electron chi connectivity index (χ3n) is 25.4. The highest BCUT2D eigenvalue weighted by atomic mass is 16.3. The summed E-state index contributed by atoms with van der Waals surface area (Å²) in [5.41, 5.74) is 29.1. The second-order valence-electron chi connectivity index (χ2n) is 32.9. The van der Waals surface area contributed by atoms with Gasteiger partial charge < -0.3 is 17.7 Å². The Morgan fingerprint density at radius 1 is 0.133 bits per heavy atom. The molecule has 6 heterocycles. The largest absolute Gasteiger partial charge is 0.456 e. The number of aromatic nitrogens is 4. The summed E-state index contributed by atoms with van der Waals surface area (Å²) in [6.07, 6.45) is 0. The van der Waals surface area contributed by atoms with E-state index in [0.29, 0.717) is 11.6 Å². The SMILES string of the molecule is c1ccc(-c2nc(-c3ccc(-c4cc5ccccc5c5ccccc45)cc3)cc(-c3cc(-c4ccc5oc6ccccc6c5c4)ccc3-c3ccc4oc5ccccc5c4c3)n2)cc1.c1ccc(-c2nc(-c3ccc(-c4cc5ccccc5c5ccccc45)cc3)cc(-c3cc(-c4cccc5c4oc4ccccc45)ccc3-c3cccc4c3oc3ccccc34)n2)cc1. The monoisotopic (exact) mass is 1630 g/mol. The van der Waals surface area contributed by atoms with Gasteiger partial charge in [0.1, 0.15) is 44.7 Å². The highest BCUT2D eigenvalue weighted by Gasteiger charge is 2.25. The summed E-state index contributed by atoms with van der Waals surface area (Å²) in [6.45, 7) is 0. The predicted molar refractivity (Wildman–Crippen MR) is 528 cm³/mol. The molecule has 128 heavy (non-hydrogen) atoms. The molecule has 0 N–H and O–H groups in total. The van der Waals surface area contributed by atoms with Gasteiger partial charge in [-0.15, -0.1) is 0 Å². The summed E-state index contributed by atoms with van der Waals surface area (Å²) < 4.78 is 25.8. The molecule has 6 aromatic heterocycles. The average Bonchev–Trinajstić information content (AvgIpc) is 1.57. The lowest BCUT2D eigenvalue weighted by molar-refractivity contribution is 0.668. The van der Waals surface area contributed by atoms with Gasteiger partial charge in [-0.05, 0) is 184 Å². The number of para-hydroxylation sites is 6. The molecule has 8 heteroatoms. The quantitative estimate of drug-likeness (QED) is 0.111. The van der Waals surface area contributed by atoms with Crippen LogP contribution in [0, 0.1) is 0 Å². The zero-order valence-electron chi connectivity index (χ0n) is 69.0. The van der Waals surface area contributed by atoms with Crippen molar-refractivity contribution in [2.75, 3.05) is 0 Å². The maximum atomic E-state index is 6.67. The first-order chi connectivity index (χ1) is 63.4. The fourth-order valence-electron chi connectivity index (χ4n) is 19.2. The van der Waals surface area contributed by atoms with Crippen molar-refractivity contribution in [1.29, 1.82) is 0 Å². The van der Waals surface area contributed by atoms with Crippen molar-refractivity contribution in [2.45, 2.75) is 0 Å². The third-order valence-corrected chi connectivity index (χ3v) is 25.4. The van der Waals surface area contributed by atoms with E-state index >= 15 is 0 Å². The summed E-state index contributed by atoms with van der Waals surface area (Å²) in [4.78, 5) is 21.3. The molecular weight excluding hydrogens is 1560 g/mol. The smallest absolute Gasteiger partial charge is 0.160 e. The van der Waals surface area contributed by atoms with E-state index in [2.05, 4.69) is 352 Å². The average molecular weight is 1630 g/mol. The van der Waals surface area contributed by atoms with Gasteiger partial charge in [-0.2, -0.15) is 0 Å². The van der Waals surface area contributed by atoms with Gasteiger partial charge in [0.2, 0.25) is 0 Å². The third kappa shape index (κ3) is 12.8. The molecule has 0 atom stereocenters. The van der Waals surface area contributed by atoms with Gasteiger partial charge in [-0.25, -0.2) is 19.9 Å². The van der Waals surface area contributed by atoms with Crippen LogP contribution in [0.2, 0.25) is 0 Å². The molecule has 26 rings (SSSR count). The molecule has 0 bridgehead atoms. The van der Waals surface area contributed by atoms with Crippen LogP contribution in [0.3, 0.4) is 0 Å². The summed E-state index contributed by atoms with van der Waals surface area (Å²) in [5.74, 6) is 1.31. The minimum atomic E-state index is 0.649. The molecule has 0 aliphatic heterocycles. The van der Waals surface area contributed by atoms with E-state index in [-0.39, 0.29) is 0 Å². The highest BCUT2D eigenvalue weighted by Crippen LogP contribution is 2.48. The first-order valence-corrected chi connectivity index (χ1v) is 43.3. The molecule has 0 spiro atoms. The van der Waals surface area contributed by atoms with Crippen LogP contribution in [0.4, 0.5) is 0 Å². The normalized spacial score (nSPS) is 11.8. The van der Waals surface area contributed by atoms with Crippen molar-refractivity contribution in [3.63, 3.8) is 0 Å². The molecule has 20 aromatic carbocycles. The molecule has 0 saturated heterocycles. The summed E-state index contributed by atoms with van der Waals surface area (Å²) in [6, 6.07) is 154. The molecule has 0 radical (unpaired) electrons. The molecule has 0 amide bonds.